The van der Waals surface area contributed by atoms with Gasteiger partial charge in [0.05, 0.1) is 24.2 Å². The molecule has 1 N–H and O–H groups in total. The molecule has 0 aliphatic heterocycles. The Bertz CT molecular complexity index is 1210. The summed E-state index contributed by atoms with van der Waals surface area (Å²) in [5, 5.41) is 2.89. The van der Waals surface area contributed by atoms with E-state index in [9.17, 15) is 9.18 Å². The third kappa shape index (κ3) is 5.14. The average molecular weight is 432 g/mol. The molecule has 164 valence electrons. The van der Waals surface area contributed by atoms with Gasteiger partial charge in [0.1, 0.15) is 17.4 Å². The maximum Gasteiger partial charge on any atom is 0.251 e. The van der Waals surface area contributed by atoms with Crippen LogP contribution in [0.1, 0.15) is 33.7 Å². The summed E-state index contributed by atoms with van der Waals surface area (Å²) in [6, 6.07) is 19.6. The fourth-order valence-corrected chi connectivity index (χ4v) is 3.80. The fraction of sp³-hybridized carbons (Fsp3) is 0.231. The highest BCUT2D eigenvalue weighted by Crippen LogP contribution is 2.19. The molecule has 1 amide bonds. The van der Waals surface area contributed by atoms with Gasteiger partial charge in [-0.05, 0) is 79.9 Å². The lowest BCUT2D eigenvalue weighted by Gasteiger charge is -2.12. The second-order valence-electron chi connectivity index (χ2n) is 7.88. The number of fused-ring (bicyclic) bond motifs is 1. The minimum absolute atomic E-state index is 0.262. The van der Waals surface area contributed by atoms with Gasteiger partial charge in [0.15, 0.2) is 0 Å². The zero-order chi connectivity index (χ0) is 22.5. The summed E-state index contributed by atoms with van der Waals surface area (Å²) in [6.45, 7) is 5.70. The van der Waals surface area contributed by atoms with Crippen molar-refractivity contribution >= 4 is 16.9 Å². The van der Waals surface area contributed by atoms with Gasteiger partial charge in [-0.1, -0.05) is 18.2 Å². The highest BCUT2D eigenvalue weighted by Gasteiger charge is 2.12. The number of para-hydroxylation sites is 2. The van der Waals surface area contributed by atoms with E-state index in [-0.39, 0.29) is 18.3 Å². The summed E-state index contributed by atoms with van der Waals surface area (Å²) >= 11 is 0. The number of nitrogens with zero attached hydrogens (tertiary/aromatic N) is 2. The second-order valence-corrected chi connectivity index (χ2v) is 7.88. The number of hydrogen-bond donors (Lipinski definition) is 1. The van der Waals surface area contributed by atoms with E-state index in [0.717, 1.165) is 29.0 Å². The Morgan fingerprint density at radius 3 is 2.50 bits per heavy atom. The van der Waals surface area contributed by atoms with Crippen LogP contribution in [-0.4, -0.2) is 22.1 Å². The lowest BCUT2D eigenvalue weighted by Crippen LogP contribution is -2.25. The van der Waals surface area contributed by atoms with Crippen LogP contribution in [0, 0.1) is 19.7 Å². The molecule has 0 unspecified atom stereocenters. The van der Waals surface area contributed by atoms with Gasteiger partial charge in [0.25, 0.3) is 5.91 Å². The van der Waals surface area contributed by atoms with Gasteiger partial charge in [0.2, 0.25) is 0 Å². The van der Waals surface area contributed by atoms with Crippen LogP contribution >= 0.6 is 0 Å². The zero-order valence-corrected chi connectivity index (χ0v) is 18.3. The third-order valence-electron chi connectivity index (χ3n) is 5.24. The zero-order valence-electron chi connectivity index (χ0n) is 18.3. The molecule has 0 fully saturated rings. The molecule has 4 rings (SSSR count). The smallest absolute Gasteiger partial charge is 0.251 e. The minimum atomic E-state index is -0.369. The molecule has 0 radical (unpaired) electrons. The summed E-state index contributed by atoms with van der Waals surface area (Å²) in [5.74, 6) is 1.02. The van der Waals surface area contributed by atoms with E-state index in [1.54, 1.807) is 0 Å². The van der Waals surface area contributed by atoms with E-state index in [1.807, 2.05) is 36.4 Å². The first-order valence-electron chi connectivity index (χ1n) is 10.7. The number of carbonyl (C=O) groups is 1. The first-order valence-corrected chi connectivity index (χ1v) is 10.7. The van der Waals surface area contributed by atoms with E-state index in [1.165, 1.54) is 35.4 Å². The van der Waals surface area contributed by atoms with Crippen LogP contribution in [0.15, 0.2) is 66.7 Å². The van der Waals surface area contributed by atoms with Crippen LogP contribution in [0.3, 0.4) is 0 Å². The van der Waals surface area contributed by atoms with Crippen molar-refractivity contribution in [1.82, 2.24) is 14.9 Å². The predicted octanol–water partition coefficient (Wildman–Crippen LogP) is 5.19. The van der Waals surface area contributed by atoms with Crippen molar-refractivity contribution in [2.75, 3.05) is 6.61 Å². The highest BCUT2D eigenvalue weighted by atomic mass is 19.1. The number of nitrogens with one attached hydrogen (secondary N) is 1. The number of benzene rings is 3. The van der Waals surface area contributed by atoms with Crippen molar-refractivity contribution in [3.63, 3.8) is 0 Å². The third-order valence-corrected chi connectivity index (χ3v) is 5.24. The van der Waals surface area contributed by atoms with E-state index >= 15 is 0 Å². The van der Waals surface area contributed by atoms with Gasteiger partial charge in [-0.25, -0.2) is 9.37 Å². The van der Waals surface area contributed by atoms with Gasteiger partial charge >= 0.3 is 0 Å². The van der Waals surface area contributed by atoms with Crippen LogP contribution in [0.25, 0.3) is 11.0 Å². The van der Waals surface area contributed by atoms with Crippen LogP contribution in [-0.2, 0) is 13.1 Å². The molecular formula is C26H26FN3O2. The fourth-order valence-electron chi connectivity index (χ4n) is 3.80. The Morgan fingerprint density at radius 2 is 1.75 bits per heavy atom. The quantitative estimate of drug-likeness (QED) is 0.391. The molecule has 0 atom stereocenters. The van der Waals surface area contributed by atoms with Crippen LogP contribution < -0.4 is 10.1 Å². The SMILES string of the molecule is Cc1cc(C)cc(OCCCn2c(CNC(=O)c3ccc(F)cc3)nc3ccccc32)c1. The van der Waals surface area contributed by atoms with E-state index in [4.69, 9.17) is 9.72 Å². The monoisotopic (exact) mass is 431 g/mol. The lowest BCUT2D eigenvalue weighted by molar-refractivity contribution is 0.0949. The van der Waals surface area contributed by atoms with E-state index in [0.29, 0.717) is 18.7 Å². The summed E-state index contributed by atoms with van der Waals surface area (Å²) in [7, 11) is 0. The van der Waals surface area contributed by atoms with Crippen LogP contribution in [0.5, 0.6) is 5.75 Å². The molecule has 1 aromatic heterocycles. The van der Waals surface area contributed by atoms with Gasteiger partial charge in [-0.3, -0.25) is 4.79 Å². The number of imidazole rings is 1. The molecule has 0 saturated heterocycles. The number of carbonyl (C=O) groups excluding carboxylic acids is 1. The molecule has 0 bridgehead atoms. The van der Waals surface area contributed by atoms with Crippen LogP contribution in [0.2, 0.25) is 0 Å². The van der Waals surface area contributed by atoms with Crippen molar-refractivity contribution in [2.45, 2.75) is 33.4 Å². The summed E-state index contributed by atoms with van der Waals surface area (Å²) in [6.07, 6.45) is 0.798. The molecule has 5 nitrogen and oxygen atoms in total. The van der Waals surface area contributed by atoms with Crippen molar-refractivity contribution in [1.29, 1.82) is 0 Å². The van der Waals surface area contributed by atoms with Gasteiger partial charge in [0, 0.05) is 12.1 Å². The van der Waals surface area contributed by atoms with Gasteiger partial charge in [-0.2, -0.15) is 0 Å². The summed E-state index contributed by atoms with van der Waals surface area (Å²) < 4.78 is 21.2. The largest absolute Gasteiger partial charge is 0.494 e. The Labute approximate surface area is 186 Å². The van der Waals surface area contributed by atoms with Gasteiger partial charge < -0.3 is 14.6 Å². The molecule has 6 heteroatoms. The Kier molecular flexibility index (Phi) is 6.50. The normalized spacial score (nSPS) is 11.0. The molecule has 32 heavy (non-hydrogen) atoms. The summed E-state index contributed by atoms with van der Waals surface area (Å²) in [4.78, 5) is 17.1. The topological polar surface area (TPSA) is 56.1 Å². The Morgan fingerprint density at radius 1 is 1.03 bits per heavy atom. The molecular weight excluding hydrogens is 405 g/mol. The molecule has 1 heterocycles. The Hall–Kier alpha value is -3.67. The minimum Gasteiger partial charge on any atom is -0.494 e. The van der Waals surface area contributed by atoms with Crippen LogP contribution in [0.4, 0.5) is 4.39 Å². The molecule has 0 aliphatic rings. The second kappa shape index (κ2) is 9.64. The maximum absolute atomic E-state index is 13.1. The van der Waals surface area contributed by atoms with Crippen molar-refractivity contribution in [3.8, 4) is 5.75 Å². The van der Waals surface area contributed by atoms with E-state index in [2.05, 4.69) is 29.8 Å². The number of hydrogen-bond acceptors (Lipinski definition) is 3. The molecule has 0 spiro atoms. The number of rotatable bonds is 8. The van der Waals surface area contributed by atoms with Crippen molar-refractivity contribution < 1.29 is 13.9 Å². The predicted molar refractivity (Wildman–Crippen MR) is 123 cm³/mol. The molecule has 0 aliphatic carbocycles. The number of amides is 1. The number of aryl methyl sites for hydroxylation is 3. The molecule has 0 saturated carbocycles. The maximum atomic E-state index is 13.1. The van der Waals surface area contributed by atoms with Crippen molar-refractivity contribution in [3.05, 3.63) is 95.1 Å². The molecule has 3 aromatic carbocycles. The number of halogens is 1. The highest BCUT2D eigenvalue weighted by molar-refractivity contribution is 5.94. The standard InChI is InChI=1S/C26H26FN3O2/c1-18-14-19(2)16-22(15-18)32-13-5-12-30-24-7-4-3-6-23(24)29-25(30)17-28-26(31)20-8-10-21(27)11-9-20/h3-4,6-11,14-16H,5,12-13,17H2,1-2H3,(H,28,31). The first-order chi connectivity index (χ1) is 15.5. The first kappa shape index (κ1) is 21.6. The Balaban J connectivity index is 1.42. The number of aromatic nitrogens is 2. The lowest BCUT2D eigenvalue weighted by atomic mass is 10.1. The van der Waals surface area contributed by atoms with Gasteiger partial charge in [-0.15, -0.1) is 0 Å². The average Bonchev–Trinajstić information content (AvgIpc) is 3.12. The number of ether oxygens (including phenoxy) is 1. The summed E-state index contributed by atoms with van der Waals surface area (Å²) in [5.41, 5.74) is 4.68. The van der Waals surface area contributed by atoms with Crippen molar-refractivity contribution in [2.24, 2.45) is 0 Å². The van der Waals surface area contributed by atoms with E-state index < -0.39 is 0 Å². The molecule has 4 aromatic rings.